The Morgan fingerprint density at radius 2 is 2.42 bits per heavy atom. The number of amides is 1. The fraction of sp³-hybridized carbons (Fsp3) is 0.667. The molecule has 1 aliphatic rings. The van der Waals surface area contributed by atoms with Crippen LogP contribution in [0.1, 0.15) is 19.3 Å². The van der Waals surface area contributed by atoms with E-state index in [1.165, 1.54) is 12.8 Å². The Morgan fingerprint density at radius 3 is 2.92 bits per heavy atom. The zero-order chi connectivity index (χ0) is 8.97. The van der Waals surface area contributed by atoms with Crippen LogP contribution < -0.4 is 11.1 Å². The minimum atomic E-state index is 0.0149. The molecule has 0 heterocycles. The van der Waals surface area contributed by atoms with Crippen LogP contribution in [0.4, 0.5) is 0 Å². The molecule has 1 fully saturated rings. The maximum absolute atomic E-state index is 11.0. The molecule has 1 saturated carbocycles. The first-order valence-corrected chi connectivity index (χ1v) is 4.37. The van der Waals surface area contributed by atoms with Gasteiger partial charge in [0.05, 0.1) is 0 Å². The van der Waals surface area contributed by atoms with E-state index in [0.29, 0.717) is 18.9 Å². The molecule has 0 aromatic heterocycles. The summed E-state index contributed by atoms with van der Waals surface area (Å²) in [5.41, 5.74) is 5.78. The molecule has 12 heavy (non-hydrogen) atoms. The van der Waals surface area contributed by atoms with E-state index in [2.05, 4.69) is 11.9 Å². The second-order valence-electron chi connectivity index (χ2n) is 3.30. The third-order valence-corrected chi connectivity index (χ3v) is 2.09. The average Bonchev–Trinajstić information content (AvgIpc) is 2.83. The maximum Gasteiger partial charge on any atom is 0.223 e. The Kier molecular flexibility index (Phi) is 3.29. The molecular formula is C9H16N2O. The Balaban J connectivity index is 2.06. The first-order valence-electron chi connectivity index (χ1n) is 4.37. The van der Waals surface area contributed by atoms with E-state index in [-0.39, 0.29) is 11.9 Å². The lowest BCUT2D eigenvalue weighted by Crippen LogP contribution is -2.38. The van der Waals surface area contributed by atoms with Gasteiger partial charge in [-0.05, 0) is 18.8 Å². The second kappa shape index (κ2) is 4.26. The molecule has 0 radical (unpaired) electrons. The largest absolute Gasteiger partial charge is 0.354 e. The Hall–Kier alpha value is -0.830. The monoisotopic (exact) mass is 168 g/mol. The van der Waals surface area contributed by atoms with E-state index in [1.54, 1.807) is 6.08 Å². The summed E-state index contributed by atoms with van der Waals surface area (Å²) in [5, 5.41) is 2.77. The van der Waals surface area contributed by atoms with Gasteiger partial charge in [-0.15, -0.1) is 6.58 Å². The predicted octanol–water partition coefficient (Wildman–Crippen LogP) is 0.416. The Morgan fingerprint density at radius 1 is 1.75 bits per heavy atom. The van der Waals surface area contributed by atoms with Crippen LogP contribution in [0, 0.1) is 5.92 Å². The number of hydrogen-bond donors (Lipinski definition) is 2. The van der Waals surface area contributed by atoms with Gasteiger partial charge in [-0.3, -0.25) is 4.79 Å². The summed E-state index contributed by atoms with van der Waals surface area (Å²) >= 11 is 0. The van der Waals surface area contributed by atoms with E-state index in [0.717, 1.165) is 0 Å². The normalized spacial score (nSPS) is 18.4. The molecule has 0 spiro atoms. The predicted molar refractivity (Wildman–Crippen MR) is 48.5 cm³/mol. The van der Waals surface area contributed by atoms with Gasteiger partial charge in [0.15, 0.2) is 0 Å². The van der Waals surface area contributed by atoms with Gasteiger partial charge < -0.3 is 11.1 Å². The molecule has 3 nitrogen and oxygen atoms in total. The van der Waals surface area contributed by atoms with Gasteiger partial charge in [0.1, 0.15) is 0 Å². The van der Waals surface area contributed by atoms with Gasteiger partial charge in [0.25, 0.3) is 0 Å². The minimum Gasteiger partial charge on any atom is -0.354 e. The van der Waals surface area contributed by atoms with Crippen molar-refractivity contribution in [3.05, 3.63) is 12.7 Å². The number of nitrogens with one attached hydrogen (secondary N) is 1. The van der Waals surface area contributed by atoms with E-state index < -0.39 is 0 Å². The van der Waals surface area contributed by atoms with Crippen LogP contribution in [0.25, 0.3) is 0 Å². The van der Waals surface area contributed by atoms with E-state index in [4.69, 9.17) is 5.73 Å². The smallest absolute Gasteiger partial charge is 0.223 e. The standard InChI is InChI=1S/C9H16N2O/c1-2-3-9(12)11-6-8(10)7-4-5-7/h2,7-8H,1,3-6,10H2,(H,11,12). The molecule has 1 rings (SSSR count). The van der Waals surface area contributed by atoms with Gasteiger partial charge >= 0.3 is 0 Å². The van der Waals surface area contributed by atoms with Gasteiger partial charge in [-0.25, -0.2) is 0 Å². The van der Waals surface area contributed by atoms with Gasteiger partial charge in [0, 0.05) is 19.0 Å². The number of nitrogens with two attached hydrogens (primary N) is 1. The Bertz CT molecular complexity index is 175. The molecule has 0 aliphatic heterocycles. The molecule has 3 N–H and O–H groups in total. The van der Waals surface area contributed by atoms with Crippen molar-refractivity contribution in [3.63, 3.8) is 0 Å². The van der Waals surface area contributed by atoms with Crippen LogP contribution >= 0.6 is 0 Å². The summed E-state index contributed by atoms with van der Waals surface area (Å²) in [6.45, 7) is 4.09. The highest BCUT2D eigenvalue weighted by Crippen LogP contribution is 2.31. The number of rotatable bonds is 5. The van der Waals surface area contributed by atoms with Crippen molar-refractivity contribution in [2.75, 3.05) is 6.54 Å². The lowest BCUT2D eigenvalue weighted by Gasteiger charge is -2.10. The zero-order valence-electron chi connectivity index (χ0n) is 7.25. The van der Waals surface area contributed by atoms with E-state index in [9.17, 15) is 4.79 Å². The summed E-state index contributed by atoms with van der Waals surface area (Å²) in [6, 6.07) is 0.152. The van der Waals surface area contributed by atoms with Gasteiger partial charge in [0.2, 0.25) is 5.91 Å². The van der Waals surface area contributed by atoms with E-state index in [1.807, 2.05) is 0 Å². The number of hydrogen-bond acceptors (Lipinski definition) is 2. The summed E-state index contributed by atoms with van der Waals surface area (Å²) in [5.74, 6) is 0.662. The topological polar surface area (TPSA) is 55.1 Å². The van der Waals surface area contributed by atoms with Gasteiger partial charge in [-0.1, -0.05) is 6.08 Å². The molecule has 1 aliphatic carbocycles. The second-order valence-corrected chi connectivity index (χ2v) is 3.30. The lowest BCUT2D eigenvalue weighted by molar-refractivity contribution is -0.120. The average molecular weight is 168 g/mol. The maximum atomic E-state index is 11.0. The van der Waals surface area contributed by atoms with Crippen LogP contribution in [-0.4, -0.2) is 18.5 Å². The summed E-state index contributed by atoms with van der Waals surface area (Å²) in [4.78, 5) is 11.0. The molecule has 0 saturated heterocycles. The van der Waals surface area contributed by atoms with Crippen molar-refractivity contribution in [1.29, 1.82) is 0 Å². The minimum absolute atomic E-state index is 0.0149. The van der Waals surface area contributed by atoms with Crippen LogP contribution in [0.5, 0.6) is 0 Å². The van der Waals surface area contributed by atoms with Gasteiger partial charge in [-0.2, -0.15) is 0 Å². The molecule has 68 valence electrons. The lowest BCUT2D eigenvalue weighted by atomic mass is 10.2. The SMILES string of the molecule is C=CCC(=O)NCC(N)C1CC1. The zero-order valence-corrected chi connectivity index (χ0v) is 7.25. The first kappa shape index (κ1) is 9.26. The first-order chi connectivity index (χ1) is 5.74. The van der Waals surface area contributed by atoms with Crippen molar-refractivity contribution in [2.45, 2.75) is 25.3 Å². The van der Waals surface area contributed by atoms with Crippen molar-refractivity contribution < 1.29 is 4.79 Å². The molecule has 0 aromatic rings. The molecule has 1 atom stereocenters. The van der Waals surface area contributed by atoms with E-state index >= 15 is 0 Å². The van der Waals surface area contributed by atoms with Crippen molar-refractivity contribution in [3.8, 4) is 0 Å². The fourth-order valence-electron chi connectivity index (χ4n) is 1.13. The fourth-order valence-corrected chi connectivity index (χ4v) is 1.13. The number of carbonyl (C=O) groups is 1. The third-order valence-electron chi connectivity index (χ3n) is 2.09. The molecule has 0 bridgehead atoms. The molecule has 1 unspecified atom stereocenters. The summed E-state index contributed by atoms with van der Waals surface area (Å²) in [7, 11) is 0. The van der Waals surface area contributed by atoms with Crippen LogP contribution in [-0.2, 0) is 4.79 Å². The molecular weight excluding hydrogens is 152 g/mol. The quantitative estimate of drug-likeness (QED) is 0.584. The van der Waals surface area contributed by atoms with Crippen molar-refractivity contribution in [2.24, 2.45) is 11.7 Å². The highest BCUT2D eigenvalue weighted by molar-refractivity contribution is 5.77. The summed E-state index contributed by atoms with van der Waals surface area (Å²) < 4.78 is 0. The van der Waals surface area contributed by atoms with Crippen molar-refractivity contribution >= 4 is 5.91 Å². The Labute approximate surface area is 73.0 Å². The van der Waals surface area contributed by atoms with Crippen LogP contribution in [0.2, 0.25) is 0 Å². The summed E-state index contributed by atoms with van der Waals surface area (Å²) in [6.07, 6.45) is 4.42. The van der Waals surface area contributed by atoms with Crippen LogP contribution in [0.15, 0.2) is 12.7 Å². The highest BCUT2D eigenvalue weighted by Gasteiger charge is 2.28. The van der Waals surface area contributed by atoms with Crippen LogP contribution in [0.3, 0.4) is 0 Å². The molecule has 3 heteroatoms. The number of carbonyl (C=O) groups excluding carboxylic acids is 1. The molecule has 0 aromatic carbocycles. The third kappa shape index (κ3) is 3.05. The highest BCUT2D eigenvalue weighted by atomic mass is 16.1. The molecule has 1 amide bonds. The van der Waals surface area contributed by atoms with Crippen molar-refractivity contribution in [1.82, 2.24) is 5.32 Å².